The van der Waals surface area contributed by atoms with Gasteiger partial charge in [0.25, 0.3) is 0 Å². The molecule has 2 unspecified atom stereocenters. The number of rotatable bonds is 5. The lowest BCUT2D eigenvalue weighted by atomic mass is 10.0. The van der Waals surface area contributed by atoms with Crippen molar-refractivity contribution in [3.63, 3.8) is 0 Å². The summed E-state index contributed by atoms with van der Waals surface area (Å²) in [5, 5.41) is 14.1. The van der Waals surface area contributed by atoms with Crippen molar-refractivity contribution in [1.82, 2.24) is 5.32 Å². The summed E-state index contributed by atoms with van der Waals surface area (Å²) >= 11 is 0. The summed E-state index contributed by atoms with van der Waals surface area (Å²) < 4.78 is 5.38. The largest absolute Gasteiger partial charge is 0.409 e. The molecule has 6 nitrogen and oxygen atoms in total. The maximum Gasteiger partial charge on any atom is 0.230 e. The first-order chi connectivity index (χ1) is 7.69. The molecule has 92 valence electrons. The first-order valence-corrected chi connectivity index (χ1v) is 5.55. The van der Waals surface area contributed by atoms with Crippen LogP contribution in [-0.2, 0) is 9.53 Å². The van der Waals surface area contributed by atoms with Gasteiger partial charge in [0.1, 0.15) is 0 Å². The third-order valence-electron chi connectivity index (χ3n) is 2.73. The van der Waals surface area contributed by atoms with Crippen LogP contribution < -0.4 is 11.1 Å². The molecule has 0 aromatic carbocycles. The van der Waals surface area contributed by atoms with Crippen LogP contribution in [0, 0.1) is 5.92 Å². The number of hydrogen-bond acceptors (Lipinski definition) is 4. The molecule has 0 aliphatic carbocycles. The second-order valence-corrected chi connectivity index (χ2v) is 3.87. The summed E-state index contributed by atoms with van der Waals surface area (Å²) in [5.41, 5.74) is 5.42. The summed E-state index contributed by atoms with van der Waals surface area (Å²) in [6.45, 7) is 3.07. The van der Waals surface area contributed by atoms with Crippen molar-refractivity contribution in [2.24, 2.45) is 16.8 Å². The Kier molecular flexibility index (Phi) is 5.04. The van der Waals surface area contributed by atoms with Crippen LogP contribution >= 0.6 is 0 Å². The van der Waals surface area contributed by atoms with Crippen LogP contribution in [-0.4, -0.2) is 36.2 Å². The number of nitrogens with two attached hydrogens (primary N) is 1. The fraction of sp³-hybridized carbons (Fsp3) is 0.800. The highest BCUT2D eigenvalue weighted by atomic mass is 16.5. The number of ether oxygens (including phenoxy) is 1. The fourth-order valence-electron chi connectivity index (χ4n) is 1.74. The molecule has 0 radical (unpaired) electrons. The molecule has 4 N–H and O–H groups in total. The third kappa shape index (κ3) is 3.37. The Morgan fingerprint density at radius 1 is 1.75 bits per heavy atom. The normalized spacial score (nSPS) is 23.1. The third-order valence-corrected chi connectivity index (χ3v) is 2.73. The van der Waals surface area contributed by atoms with Crippen molar-refractivity contribution < 1.29 is 14.7 Å². The van der Waals surface area contributed by atoms with Gasteiger partial charge in [-0.25, -0.2) is 0 Å². The highest BCUT2D eigenvalue weighted by Gasteiger charge is 2.23. The monoisotopic (exact) mass is 229 g/mol. The number of carbonyl (C=O) groups excluding carboxylic acids is 1. The molecular weight excluding hydrogens is 210 g/mol. The van der Waals surface area contributed by atoms with Crippen molar-refractivity contribution in [1.29, 1.82) is 0 Å². The molecule has 1 fully saturated rings. The van der Waals surface area contributed by atoms with Gasteiger partial charge >= 0.3 is 0 Å². The zero-order valence-corrected chi connectivity index (χ0v) is 9.48. The summed E-state index contributed by atoms with van der Waals surface area (Å²) in [4.78, 5) is 11.7. The topological polar surface area (TPSA) is 96.9 Å². The van der Waals surface area contributed by atoms with Crippen LogP contribution in [0.15, 0.2) is 5.16 Å². The summed E-state index contributed by atoms with van der Waals surface area (Å²) in [5.74, 6) is -0.827. The van der Waals surface area contributed by atoms with E-state index in [-0.39, 0.29) is 17.8 Å². The highest BCUT2D eigenvalue weighted by molar-refractivity contribution is 6.01. The van der Waals surface area contributed by atoms with Gasteiger partial charge in [-0.05, 0) is 19.3 Å². The molecule has 1 saturated heterocycles. The number of oxime groups is 1. The molecule has 6 heteroatoms. The van der Waals surface area contributed by atoms with Gasteiger partial charge in [-0.2, -0.15) is 0 Å². The second-order valence-electron chi connectivity index (χ2n) is 3.87. The Labute approximate surface area is 94.8 Å². The maximum atomic E-state index is 11.7. The molecule has 0 aromatic heterocycles. The molecule has 0 saturated carbocycles. The Bertz CT molecular complexity index is 262. The second kappa shape index (κ2) is 6.32. The van der Waals surface area contributed by atoms with Gasteiger partial charge in [0, 0.05) is 13.2 Å². The number of carbonyl (C=O) groups is 1. The predicted molar refractivity (Wildman–Crippen MR) is 59.2 cm³/mol. The number of amides is 1. The standard InChI is InChI=1S/C10H19N3O3/c1-2-8(9(11)13-15)10(14)12-6-7-4-3-5-16-7/h7-8,15H,2-6H2,1H3,(H2,11,13)(H,12,14). The van der Waals surface area contributed by atoms with Crippen molar-refractivity contribution in [3.05, 3.63) is 0 Å². The van der Waals surface area contributed by atoms with E-state index < -0.39 is 5.92 Å². The first-order valence-electron chi connectivity index (χ1n) is 5.55. The van der Waals surface area contributed by atoms with Gasteiger partial charge in [0.2, 0.25) is 5.91 Å². The van der Waals surface area contributed by atoms with Crippen molar-refractivity contribution in [3.8, 4) is 0 Å². The average molecular weight is 229 g/mol. The van der Waals surface area contributed by atoms with Crippen LogP contribution in [0.2, 0.25) is 0 Å². The highest BCUT2D eigenvalue weighted by Crippen LogP contribution is 2.11. The number of hydrogen-bond donors (Lipinski definition) is 3. The lowest BCUT2D eigenvalue weighted by molar-refractivity contribution is -0.123. The summed E-state index contributed by atoms with van der Waals surface area (Å²) in [7, 11) is 0. The summed E-state index contributed by atoms with van der Waals surface area (Å²) in [6, 6.07) is 0. The van der Waals surface area contributed by atoms with Crippen LogP contribution in [0.4, 0.5) is 0 Å². The fourth-order valence-corrected chi connectivity index (χ4v) is 1.74. The van der Waals surface area contributed by atoms with E-state index in [4.69, 9.17) is 15.7 Å². The minimum absolute atomic E-state index is 0.0488. The molecule has 16 heavy (non-hydrogen) atoms. The molecule has 1 heterocycles. The smallest absolute Gasteiger partial charge is 0.230 e. The summed E-state index contributed by atoms with van der Waals surface area (Å²) in [6.07, 6.45) is 2.63. The van der Waals surface area contributed by atoms with E-state index >= 15 is 0 Å². The molecule has 1 aliphatic heterocycles. The Morgan fingerprint density at radius 2 is 2.50 bits per heavy atom. The molecule has 0 bridgehead atoms. The van der Waals surface area contributed by atoms with Gasteiger partial charge in [0.15, 0.2) is 5.84 Å². The lowest BCUT2D eigenvalue weighted by Gasteiger charge is -2.15. The van der Waals surface area contributed by atoms with Crippen LogP contribution in [0.5, 0.6) is 0 Å². The molecule has 1 rings (SSSR count). The number of amidine groups is 1. The minimum Gasteiger partial charge on any atom is -0.409 e. The molecule has 0 aromatic rings. The maximum absolute atomic E-state index is 11.7. The van der Waals surface area contributed by atoms with E-state index in [1.54, 1.807) is 0 Å². The average Bonchev–Trinajstić information content (AvgIpc) is 2.79. The van der Waals surface area contributed by atoms with Crippen molar-refractivity contribution in [2.75, 3.05) is 13.2 Å². The van der Waals surface area contributed by atoms with Gasteiger partial charge in [-0.3, -0.25) is 4.79 Å². The van der Waals surface area contributed by atoms with E-state index in [9.17, 15) is 4.79 Å². The molecule has 1 aliphatic rings. The minimum atomic E-state index is -0.564. The van der Waals surface area contributed by atoms with Crippen LogP contribution in [0.3, 0.4) is 0 Å². The zero-order chi connectivity index (χ0) is 12.0. The van der Waals surface area contributed by atoms with Crippen LogP contribution in [0.1, 0.15) is 26.2 Å². The first kappa shape index (κ1) is 12.8. The Hall–Kier alpha value is -1.30. The van der Waals surface area contributed by atoms with Gasteiger partial charge < -0.3 is 21.0 Å². The lowest BCUT2D eigenvalue weighted by Crippen LogP contribution is -2.41. The van der Waals surface area contributed by atoms with E-state index in [0.29, 0.717) is 13.0 Å². The molecular formula is C10H19N3O3. The van der Waals surface area contributed by atoms with E-state index in [0.717, 1.165) is 19.4 Å². The Balaban J connectivity index is 2.37. The van der Waals surface area contributed by atoms with E-state index in [1.165, 1.54) is 0 Å². The quantitative estimate of drug-likeness (QED) is 0.269. The molecule has 1 amide bonds. The van der Waals surface area contributed by atoms with Gasteiger partial charge in [0.05, 0.1) is 12.0 Å². The molecule has 2 atom stereocenters. The number of nitrogens with zero attached hydrogens (tertiary/aromatic N) is 1. The Morgan fingerprint density at radius 3 is 3.00 bits per heavy atom. The zero-order valence-electron chi connectivity index (χ0n) is 9.48. The predicted octanol–water partition coefficient (Wildman–Crippen LogP) is 0.0542. The van der Waals surface area contributed by atoms with Crippen molar-refractivity contribution >= 4 is 11.7 Å². The number of nitrogens with one attached hydrogen (secondary N) is 1. The van der Waals surface area contributed by atoms with E-state index in [1.807, 2.05) is 6.92 Å². The van der Waals surface area contributed by atoms with Crippen molar-refractivity contribution in [2.45, 2.75) is 32.3 Å². The van der Waals surface area contributed by atoms with Gasteiger partial charge in [-0.1, -0.05) is 12.1 Å². The van der Waals surface area contributed by atoms with Gasteiger partial charge in [-0.15, -0.1) is 0 Å². The van der Waals surface area contributed by atoms with Crippen LogP contribution in [0.25, 0.3) is 0 Å². The SMILES string of the molecule is CCC(C(=O)NCC1CCCO1)C(N)=NO. The van der Waals surface area contributed by atoms with E-state index in [2.05, 4.69) is 10.5 Å². The molecule has 0 spiro atoms.